The average Bonchev–Trinajstić information content (AvgIpc) is 2.87. The molecule has 8 heteroatoms. The Bertz CT molecular complexity index is 673. The fraction of sp³-hybridized carbons (Fsp3) is 0.333. The van der Waals surface area contributed by atoms with E-state index in [1.54, 1.807) is 4.57 Å². The molecule has 0 spiro atoms. The van der Waals surface area contributed by atoms with Crippen LogP contribution < -0.4 is 10.5 Å². The molecule has 0 saturated heterocycles. The van der Waals surface area contributed by atoms with Crippen molar-refractivity contribution in [3.63, 3.8) is 0 Å². The van der Waals surface area contributed by atoms with Gasteiger partial charge in [-0.1, -0.05) is 11.6 Å². The molecule has 1 fully saturated rings. The Balaban J connectivity index is 1.85. The summed E-state index contributed by atoms with van der Waals surface area (Å²) in [5.41, 5.74) is 5.99. The van der Waals surface area contributed by atoms with E-state index >= 15 is 0 Å². The predicted octanol–water partition coefficient (Wildman–Crippen LogP) is 1.06. The van der Waals surface area contributed by atoms with Gasteiger partial charge in [0.2, 0.25) is 0 Å². The van der Waals surface area contributed by atoms with Gasteiger partial charge in [0.25, 0.3) is 0 Å². The topological polar surface area (TPSA) is 103 Å². The van der Waals surface area contributed by atoms with Gasteiger partial charge < -0.3 is 10.5 Å². The van der Waals surface area contributed by atoms with Crippen molar-refractivity contribution < 1.29 is 4.74 Å². The van der Waals surface area contributed by atoms with Crippen LogP contribution in [-0.2, 0) is 0 Å². The third-order valence-corrected chi connectivity index (χ3v) is 3.32. The van der Waals surface area contributed by atoms with E-state index in [9.17, 15) is 0 Å². The number of aromatic nitrogens is 4. The van der Waals surface area contributed by atoms with Crippen molar-refractivity contribution in [3.05, 3.63) is 29.4 Å². The van der Waals surface area contributed by atoms with Crippen LogP contribution in [-0.4, -0.2) is 31.7 Å². The molecule has 20 heavy (non-hydrogen) atoms. The smallest absolute Gasteiger partial charge is 0.318 e. The van der Waals surface area contributed by atoms with E-state index in [2.05, 4.69) is 15.0 Å². The molecule has 1 saturated carbocycles. The summed E-state index contributed by atoms with van der Waals surface area (Å²) in [6.45, 7) is 0. The summed E-state index contributed by atoms with van der Waals surface area (Å²) in [6.07, 6.45) is 6.11. The van der Waals surface area contributed by atoms with E-state index in [0.717, 1.165) is 12.8 Å². The zero-order valence-corrected chi connectivity index (χ0v) is 11.2. The lowest BCUT2D eigenvalue weighted by Gasteiger charge is -2.31. The summed E-state index contributed by atoms with van der Waals surface area (Å²) in [4.78, 5) is 12.2. The number of nitrogens with zero attached hydrogens (tertiary/aromatic N) is 5. The molecule has 3 rings (SSSR count). The first-order valence-corrected chi connectivity index (χ1v) is 6.42. The molecule has 0 aliphatic heterocycles. The van der Waals surface area contributed by atoms with E-state index in [1.807, 2.05) is 6.07 Å². The standard InChI is InChI=1S/C12H11ClN6O/c13-10-4-16-12(20-9-1-7(15)2-9)18-11(10)19-5-8(3-14)17-6-19/h4-7,9H,1-2,15H2. The molecule has 102 valence electrons. The SMILES string of the molecule is N#Cc1cn(-c2nc(OC3CC(N)C3)ncc2Cl)cn1. The number of nitriles is 1. The van der Waals surface area contributed by atoms with Crippen LogP contribution in [0.3, 0.4) is 0 Å². The maximum atomic E-state index is 8.78. The second-order valence-corrected chi connectivity index (χ2v) is 4.98. The van der Waals surface area contributed by atoms with E-state index in [4.69, 9.17) is 27.3 Å². The van der Waals surface area contributed by atoms with Gasteiger partial charge in [0.1, 0.15) is 23.5 Å². The summed E-state index contributed by atoms with van der Waals surface area (Å²) in [7, 11) is 0. The summed E-state index contributed by atoms with van der Waals surface area (Å²) >= 11 is 6.06. The zero-order chi connectivity index (χ0) is 14.1. The van der Waals surface area contributed by atoms with Crippen molar-refractivity contribution in [2.75, 3.05) is 0 Å². The number of rotatable bonds is 3. The summed E-state index contributed by atoms with van der Waals surface area (Å²) in [5, 5.41) is 9.13. The molecule has 2 aromatic heterocycles. The van der Waals surface area contributed by atoms with Gasteiger partial charge in [0, 0.05) is 12.2 Å². The number of imidazole rings is 1. The Morgan fingerprint density at radius 1 is 1.45 bits per heavy atom. The first kappa shape index (κ1) is 12.8. The van der Waals surface area contributed by atoms with Crippen LogP contribution >= 0.6 is 11.6 Å². The van der Waals surface area contributed by atoms with Gasteiger partial charge in [0.15, 0.2) is 11.5 Å². The highest BCUT2D eigenvalue weighted by molar-refractivity contribution is 6.32. The zero-order valence-electron chi connectivity index (χ0n) is 10.4. The third kappa shape index (κ3) is 2.43. The molecule has 1 aliphatic rings. The second kappa shape index (κ2) is 5.07. The molecule has 2 heterocycles. The van der Waals surface area contributed by atoms with E-state index in [1.165, 1.54) is 18.7 Å². The van der Waals surface area contributed by atoms with Crippen molar-refractivity contribution in [2.45, 2.75) is 25.0 Å². The normalized spacial score (nSPS) is 21.1. The van der Waals surface area contributed by atoms with Crippen LogP contribution in [0.5, 0.6) is 6.01 Å². The molecule has 1 aliphatic carbocycles. The highest BCUT2D eigenvalue weighted by Crippen LogP contribution is 2.25. The van der Waals surface area contributed by atoms with Crippen molar-refractivity contribution in [1.82, 2.24) is 19.5 Å². The third-order valence-electron chi connectivity index (χ3n) is 3.05. The van der Waals surface area contributed by atoms with Crippen LogP contribution in [0.25, 0.3) is 5.82 Å². The summed E-state index contributed by atoms with van der Waals surface area (Å²) in [6, 6.07) is 2.38. The van der Waals surface area contributed by atoms with Crippen LogP contribution in [0.15, 0.2) is 18.7 Å². The van der Waals surface area contributed by atoms with Crippen LogP contribution in [0.4, 0.5) is 0 Å². The van der Waals surface area contributed by atoms with Crippen LogP contribution in [0.2, 0.25) is 5.02 Å². The van der Waals surface area contributed by atoms with Gasteiger partial charge in [-0.3, -0.25) is 4.57 Å². The van der Waals surface area contributed by atoms with Crippen LogP contribution in [0, 0.1) is 11.3 Å². The maximum absolute atomic E-state index is 8.78. The largest absolute Gasteiger partial charge is 0.460 e. The lowest BCUT2D eigenvalue weighted by molar-refractivity contribution is 0.0904. The van der Waals surface area contributed by atoms with Crippen molar-refractivity contribution >= 4 is 11.6 Å². The molecule has 0 bridgehead atoms. The minimum absolute atomic E-state index is 0.0523. The lowest BCUT2D eigenvalue weighted by Crippen LogP contribution is -2.43. The summed E-state index contributed by atoms with van der Waals surface area (Å²) in [5.74, 6) is 0.425. The minimum atomic E-state index is 0.0523. The Kier molecular flexibility index (Phi) is 3.26. The van der Waals surface area contributed by atoms with Gasteiger partial charge in [-0.05, 0) is 12.8 Å². The quantitative estimate of drug-likeness (QED) is 0.906. The Morgan fingerprint density at radius 2 is 2.25 bits per heavy atom. The van der Waals surface area contributed by atoms with Gasteiger partial charge in [-0.15, -0.1) is 0 Å². The first-order chi connectivity index (χ1) is 9.65. The lowest BCUT2D eigenvalue weighted by atomic mass is 9.90. The van der Waals surface area contributed by atoms with Crippen LogP contribution in [0.1, 0.15) is 18.5 Å². The Hall–Kier alpha value is -2.17. The average molecular weight is 291 g/mol. The molecule has 0 aromatic carbocycles. The monoisotopic (exact) mass is 290 g/mol. The Morgan fingerprint density at radius 3 is 2.90 bits per heavy atom. The van der Waals surface area contributed by atoms with E-state index in [0.29, 0.717) is 10.8 Å². The molecular formula is C12H11ClN6O. The van der Waals surface area contributed by atoms with Crippen molar-refractivity contribution in [3.8, 4) is 17.9 Å². The number of ether oxygens (including phenoxy) is 1. The Labute approximate surface area is 120 Å². The predicted molar refractivity (Wildman–Crippen MR) is 70.5 cm³/mol. The second-order valence-electron chi connectivity index (χ2n) is 4.57. The van der Waals surface area contributed by atoms with Gasteiger partial charge in [-0.2, -0.15) is 10.2 Å². The summed E-state index contributed by atoms with van der Waals surface area (Å²) < 4.78 is 7.17. The molecular weight excluding hydrogens is 280 g/mol. The van der Waals surface area contributed by atoms with Gasteiger partial charge >= 0.3 is 6.01 Å². The number of hydrogen-bond donors (Lipinski definition) is 1. The minimum Gasteiger partial charge on any atom is -0.460 e. The highest BCUT2D eigenvalue weighted by atomic mass is 35.5. The first-order valence-electron chi connectivity index (χ1n) is 6.05. The van der Waals surface area contributed by atoms with Gasteiger partial charge in [-0.25, -0.2) is 9.97 Å². The van der Waals surface area contributed by atoms with E-state index in [-0.39, 0.29) is 23.9 Å². The molecule has 2 aromatic rings. The maximum Gasteiger partial charge on any atom is 0.318 e. The molecule has 0 amide bonds. The fourth-order valence-electron chi connectivity index (χ4n) is 1.93. The van der Waals surface area contributed by atoms with Crippen molar-refractivity contribution in [1.29, 1.82) is 5.26 Å². The van der Waals surface area contributed by atoms with Gasteiger partial charge in [0.05, 0.1) is 6.20 Å². The highest BCUT2D eigenvalue weighted by Gasteiger charge is 2.28. The molecule has 0 radical (unpaired) electrons. The number of nitrogens with two attached hydrogens (primary N) is 1. The number of halogens is 1. The number of hydrogen-bond acceptors (Lipinski definition) is 6. The fourth-order valence-corrected chi connectivity index (χ4v) is 2.12. The molecule has 0 unspecified atom stereocenters. The van der Waals surface area contributed by atoms with E-state index < -0.39 is 0 Å². The molecule has 0 atom stereocenters. The molecule has 7 nitrogen and oxygen atoms in total. The van der Waals surface area contributed by atoms with Crippen molar-refractivity contribution in [2.24, 2.45) is 5.73 Å². The molecule has 2 N–H and O–H groups in total.